The normalized spacial score (nSPS) is 12.4. The molecule has 1 N–H and O–H groups in total. The van der Waals surface area contributed by atoms with Crippen molar-refractivity contribution < 1.29 is 0 Å². The van der Waals surface area contributed by atoms with Gasteiger partial charge in [0.05, 0.1) is 11.7 Å². The van der Waals surface area contributed by atoms with Gasteiger partial charge in [0.25, 0.3) is 5.56 Å². The highest BCUT2D eigenvalue weighted by atomic mass is 32.1. The van der Waals surface area contributed by atoms with Gasteiger partial charge in [-0.2, -0.15) is 0 Å². The van der Waals surface area contributed by atoms with E-state index in [1.807, 2.05) is 12.3 Å². The van der Waals surface area contributed by atoms with Crippen LogP contribution in [-0.2, 0) is 6.54 Å². The lowest BCUT2D eigenvalue weighted by Crippen LogP contribution is -2.19. The van der Waals surface area contributed by atoms with Gasteiger partial charge in [0, 0.05) is 23.7 Å². The van der Waals surface area contributed by atoms with E-state index in [0.29, 0.717) is 0 Å². The van der Waals surface area contributed by atoms with Crippen LogP contribution in [0.3, 0.4) is 0 Å². The Balaban J connectivity index is 2.17. The van der Waals surface area contributed by atoms with Gasteiger partial charge in [-0.3, -0.25) is 4.79 Å². The van der Waals surface area contributed by atoms with Gasteiger partial charge in [-0.15, -0.1) is 11.3 Å². The van der Waals surface area contributed by atoms with Gasteiger partial charge < -0.3 is 9.88 Å². The van der Waals surface area contributed by atoms with E-state index in [2.05, 4.69) is 37.5 Å². The molecule has 0 radical (unpaired) electrons. The van der Waals surface area contributed by atoms with Gasteiger partial charge in [-0.25, -0.2) is 0 Å². The predicted octanol–water partition coefficient (Wildman–Crippen LogP) is 3.80. The minimum absolute atomic E-state index is 0.0624. The molecule has 0 saturated heterocycles. The Bertz CT molecular complexity index is 600. The van der Waals surface area contributed by atoms with Gasteiger partial charge >= 0.3 is 0 Å². The summed E-state index contributed by atoms with van der Waals surface area (Å²) in [4.78, 5) is 13.0. The topological polar surface area (TPSA) is 34.0 Å². The monoisotopic (exact) mass is 276 g/mol. The van der Waals surface area contributed by atoms with Gasteiger partial charge in [0.2, 0.25) is 0 Å². The highest BCUT2D eigenvalue weighted by Gasteiger charge is 2.10. The molecule has 0 spiro atoms. The smallest absolute Gasteiger partial charge is 0.250 e. The number of rotatable bonds is 5. The molecule has 0 saturated carbocycles. The Labute approximate surface area is 117 Å². The van der Waals surface area contributed by atoms with Crippen molar-refractivity contribution in [2.75, 3.05) is 5.32 Å². The second-order valence-electron chi connectivity index (χ2n) is 4.78. The zero-order valence-corrected chi connectivity index (χ0v) is 12.5. The third-order valence-corrected chi connectivity index (χ3v) is 4.33. The Morgan fingerprint density at radius 2 is 2.16 bits per heavy atom. The van der Waals surface area contributed by atoms with Crippen LogP contribution in [0.2, 0.25) is 0 Å². The van der Waals surface area contributed by atoms with Crippen molar-refractivity contribution in [2.24, 2.45) is 0 Å². The number of nitrogens with one attached hydrogen (secondary N) is 1. The number of hydrogen-bond donors (Lipinski definition) is 1. The molecule has 1 unspecified atom stereocenters. The fourth-order valence-electron chi connectivity index (χ4n) is 2.18. The number of nitrogens with zero attached hydrogens (tertiary/aromatic N) is 1. The molecule has 0 aliphatic carbocycles. The molecular formula is C15H20N2OS. The van der Waals surface area contributed by atoms with Crippen molar-refractivity contribution in [3.05, 3.63) is 50.6 Å². The van der Waals surface area contributed by atoms with Crippen LogP contribution in [0, 0.1) is 6.92 Å². The quantitative estimate of drug-likeness (QED) is 0.901. The molecule has 2 aromatic heterocycles. The lowest BCUT2D eigenvalue weighted by Gasteiger charge is -2.16. The van der Waals surface area contributed by atoms with Crippen molar-refractivity contribution in [3.8, 4) is 0 Å². The van der Waals surface area contributed by atoms with Crippen molar-refractivity contribution in [1.82, 2.24) is 4.57 Å². The summed E-state index contributed by atoms with van der Waals surface area (Å²) in [5, 5.41) is 5.57. The van der Waals surface area contributed by atoms with E-state index >= 15 is 0 Å². The molecule has 102 valence electrons. The maximum absolute atomic E-state index is 11.7. The summed E-state index contributed by atoms with van der Waals surface area (Å²) in [6.45, 7) is 7.11. The third kappa shape index (κ3) is 3.26. The molecule has 3 nitrogen and oxygen atoms in total. The van der Waals surface area contributed by atoms with Crippen molar-refractivity contribution in [3.63, 3.8) is 0 Å². The molecular weight excluding hydrogens is 256 g/mol. The lowest BCUT2D eigenvalue weighted by molar-refractivity contribution is 0.654. The number of aromatic nitrogens is 1. The van der Waals surface area contributed by atoms with Crippen LogP contribution in [0.25, 0.3) is 0 Å². The fraction of sp³-hybridized carbons (Fsp3) is 0.400. The van der Waals surface area contributed by atoms with E-state index < -0.39 is 0 Å². The number of anilines is 1. The van der Waals surface area contributed by atoms with E-state index in [1.54, 1.807) is 22.0 Å². The van der Waals surface area contributed by atoms with Crippen molar-refractivity contribution >= 4 is 17.0 Å². The number of pyridine rings is 1. The molecule has 0 amide bonds. The summed E-state index contributed by atoms with van der Waals surface area (Å²) in [6, 6.07) is 5.88. The van der Waals surface area contributed by atoms with Crippen LogP contribution in [0.15, 0.2) is 34.6 Å². The van der Waals surface area contributed by atoms with Gasteiger partial charge in [0.15, 0.2) is 0 Å². The van der Waals surface area contributed by atoms with E-state index in [1.165, 1.54) is 10.4 Å². The maximum Gasteiger partial charge on any atom is 0.250 e. The Kier molecular flexibility index (Phi) is 4.43. The maximum atomic E-state index is 11.7. The van der Waals surface area contributed by atoms with Gasteiger partial charge in [-0.1, -0.05) is 6.92 Å². The summed E-state index contributed by atoms with van der Waals surface area (Å²) in [5.74, 6) is 0. The first-order chi connectivity index (χ1) is 9.11. The molecule has 0 bridgehead atoms. The van der Waals surface area contributed by atoms with Gasteiger partial charge in [-0.05, 0) is 43.3 Å². The first-order valence-electron chi connectivity index (χ1n) is 6.63. The summed E-state index contributed by atoms with van der Waals surface area (Å²) in [7, 11) is 0. The van der Waals surface area contributed by atoms with Crippen LogP contribution in [0.1, 0.15) is 36.8 Å². The molecule has 2 aromatic rings. The average molecular weight is 276 g/mol. The highest BCUT2D eigenvalue weighted by molar-refractivity contribution is 7.10. The zero-order valence-electron chi connectivity index (χ0n) is 11.6. The lowest BCUT2D eigenvalue weighted by atomic mass is 10.2. The van der Waals surface area contributed by atoms with E-state index in [9.17, 15) is 4.79 Å². The molecule has 2 heterocycles. The number of hydrogen-bond acceptors (Lipinski definition) is 3. The molecule has 0 aromatic carbocycles. The molecule has 0 aliphatic rings. The molecule has 1 atom stereocenters. The summed E-state index contributed by atoms with van der Waals surface area (Å²) in [6.07, 6.45) is 2.87. The van der Waals surface area contributed by atoms with Crippen LogP contribution < -0.4 is 10.9 Å². The third-order valence-electron chi connectivity index (χ3n) is 3.13. The SMILES string of the molecule is CCCn1cc(NC(C)c2sccc2C)ccc1=O. The Hall–Kier alpha value is -1.55. The summed E-state index contributed by atoms with van der Waals surface area (Å²) >= 11 is 1.76. The second-order valence-corrected chi connectivity index (χ2v) is 5.73. The molecule has 0 fully saturated rings. The minimum Gasteiger partial charge on any atom is -0.377 e. The van der Waals surface area contributed by atoms with E-state index in [0.717, 1.165) is 18.7 Å². The van der Waals surface area contributed by atoms with Crippen LogP contribution >= 0.6 is 11.3 Å². The second kappa shape index (κ2) is 6.06. The fourth-order valence-corrected chi connectivity index (χ4v) is 3.11. The summed E-state index contributed by atoms with van der Waals surface area (Å²) < 4.78 is 1.76. The summed E-state index contributed by atoms with van der Waals surface area (Å²) in [5.41, 5.74) is 2.37. The highest BCUT2D eigenvalue weighted by Crippen LogP contribution is 2.26. The van der Waals surface area contributed by atoms with E-state index in [4.69, 9.17) is 0 Å². The number of thiophene rings is 1. The Morgan fingerprint density at radius 1 is 1.37 bits per heavy atom. The molecule has 4 heteroatoms. The molecule has 0 aliphatic heterocycles. The van der Waals surface area contributed by atoms with Crippen LogP contribution in [-0.4, -0.2) is 4.57 Å². The van der Waals surface area contributed by atoms with Gasteiger partial charge in [0.1, 0.15) is 0 Å². The minimum atomic E-state index is 0.0624. The van der Waals surface area contributed by atoms with Crippen molar-refractivity contribution in [1.29, 1.82) is 0 Å². The standard InChI is InChI=1S/C15H20N2OS/c1-4-8-17-10-13(5-6-14(17)18)16-12(3)15-11(2)7-9-19-15/h5-7,9-10,12,16H,4,8H2,1-3H3. The molecule has 19 heavy (non-hydrogen) atoms. The van der Waals surface area contributed by atoms with Crippen molar-refractivity contribution in [2.45, 2.75) is 39.8 Å². The largest absolute Gasteiger partial charge is 0.377 e. The first-order valence-corrected chi connectivity index (χ1v) is 7.50. The first kappa shape index (κ1) is 13.9. The predicted molar refractivity (Wildman–Crippen MR) is 82.1 cm³/mol. The molecule has 2 rings (SSSR count). The van der Waals surface area contributed by atoms with Crippen LogP contribution in [0.5, 0.6) is 0 Å². The van der Waals surface area contributed by atoms with E-state index in [-0.39, 0.29) is 11.6 Å². The number of aryl methyl sites for hydroxylation is 2. The average Bonchev–Trinajstić information content (AvgIpc) is 2.80. The zero-order chi connectivity index (χ0) is 13.8. The Morgan fingerprint density at radius 3 is 2.79 bits per heavy atom. The van der Waals surface area contributed by atoms with Crippen LogP contribution in [0.4, 0.5) is 5.69 Å².